The molecule has 1 fully saturated rings. The van der Waals surface area contributed by atoms with Crippen LogP contribution in [-0.2, 0) is 4.79 Å². The molecular formula is C19H25N5O. The smallest absolute Gasteiger partial charge is 0.224 e. The van der Waals surface area contributed by atoms with Gasteiger partial charge in [-0.2, -0.15) is 0 Å². The van der Waals surface area contributed by atoms with Gasteiger partial charge in [-0.1, -0.05) is 18.9 Å². The minimum absolute atomic E-state index is 0.0119. The lowest BCUT2D eigenvalue weighted by molar-refractivity contribution is -0.116. The van der Waals surface area contributed by atoms with Crippen molar-refractivity contribution in [2.45, 2.75) is 44.6 Å². The summed E-state index contributed by atoms with van der Waals surface area (Å²) in [5.74, 6) is 0.589. The Hall–Kier alpha value is -2.63. The number of hydrogen-bond acceptors (Lipinski definition) is 3. The van der Waals surface area contributed by atoms with Gasteiger partial charge >= 0.3 is 0 Å². The second-order valence-corrected chi connectivity index (χ2v) is 6.69. The Morgan fingerprint density at radius 3 is 2.80 bits per heavy atom. The molecule has 1 unspecified atom stereocenters. The molecule has 3 rings (SSSR count). The summed E-state index contributed by atoms with van der Waals surface area (Å²) in [4.78, 5) is 20.8. The molecule has 0 aliphatic heterocycles. The van der Waals surface area contributed by atoms with Crippen molar-refractivity contribution < 1.29 is 4.79 Å². The normalized spacial score (nSPS) is 15.8. The van der Waals surface area contributed by atoms with E-state index in [-0.39, 0.29) is 17.9 Å². The summed E-state index contributed by atoms with van der Waals surface area (Å²) in [6.07, 6.45) is 9.36. The number of anilines is 1. The molecule has 6 heteroatoms. The van der Waals surface area contributed by atoms with Crippen molar-refractivity contribution in [2.75, 3.05) is 5.32 Å². The SMILES string of the molecule is NC(N)=NC(CCC(=O)Nc1ccc2cnccc2c1)C1CCCC1. The Morgan fingerprint density at radius 1 is 1.24 bits per heavy atom. The molecule has 25 heavy (non-hydrogen) atoms. The minimum Gasteiger partial charge on any atom is -0.370 e. The number of nitrogens with two attached hydrogens (primary N) is 2. The summed E-state index contributed by atoms with van der Waals surface area (Å²) in [6, 6.07) is 7.78. The highest BCUT2D eigenvalue weighted by atomic mass is 16.1. The van der Waals surface area contributed by atoms with Crippen molar-refractivity contribution in [3.05, 3.63) is 36.7 Å². The maximum atomic E-state index is 12.3. The third-order valence-corrected chi connectivity index (χ3v) is 4.85. The van der Waals surface area contributed by atoms with Gasteiger partial charge in [0.15, 0.2) is 5.96 Å². The fourth-order valence-corrected chi connectivity index (χ4v) is 3.60. The van der Waals surface area contributed by atoms with E-state index in [1.54, 1.807) is 6.20 Å². The summed E-state index contributed by atoms with van der Waals surface area (Å²) in [6.45, 7) is 0. The first-order chi connectivity index (χ1) is 12.1. The number of nitrogens with one attached hydrogen (secondary N) is 1. The first-order valence-corrected chi connectivity index (χ1v) is 8.84. The molecule has 1 amide bonds. The van der Waals surface area contributed by atoms with Gasteiger partial charge in [0.05, 0.1) is 6.04 Å². The molecule has 2 aromatic rings. The molecule has 1 aliphatic rings. The van der Waals surface area contributed by atoms with Gasteiger partial charge in [-0.25, -0.2) is 0 Å². The summed E-state index contributed by atoms with van der Waals surface area (Å²) in [5, 5.41) is 5.07. The summed E-state index contributed by atoms with van der Waals surface area (Å²) in [5.41, 5.74) is 11.9. The molecule has 1 saturated carbocycles. The van der Waals surface area contributed by atoms with Crippen LogP contribution < -0.4 is 16.8 Å². The predicted molar refractivity (Wildman–Crippen MR) is 101 cm³/mol. The molecule has 0 radical (unpaired) electrons. The van der Waals surface area contributed by atoms with E-state index in [2.05, 4.69) is 15.3 Å². The summed E-state index contributed by atoms with van der Waals surface area (Å²) >= 11 is 0. The number of pyridine rings is 1. The molecule has 1 heterocycles. The van der Waals surface area contributed by atoms with Crippen LogP contribution in [0.25, 0.3) is 10.8 Å². The van der Waals surface area contributed by atoms with Crippen molar-refractivity contribution in [1.82, 2.24) is 4.98 Å². The second kappa shape index (κ2) is 7.96. The van der Waals surface area contributed by atoms with Crippen LogP contribution in [0.15, 0.2) is 41.7 Å². The predicted octanol–water partition coefficient (Wildman–Crippen LogP) is 2.79. The van der Waals surface area contributed by atoms with Crippen LogP contribution in [0.5, 0.6) is 0 Å². The average molecular weight is 339 g/mol. The number of amides is 1. The van der Waals surface area contributed by atoms with Gasteiger partial charge < -0.3 is 16.8 Å². The topological polar surface area (TPSA) is 106 Å². The molecule has 1 atom stereocenters. The van der Waals surface area contributed by atoms with Crippen molar-refractivity contribution in [1.29, 1.82) is 0 Å². The first-order valence-electron chi connectivity index (χ1n) is 8.84. The van der Waals surface area contributed by atoms with Crippen molar-refractivity contribution in [3.8, 4) is 0 Å². The van der Waals surface area contributed by atoms with E-state index >= 15 is 0 Å². The van der Waals surface area contributed by atoms with Crippen LogP contribution in [0.2, 0.25) is 0 Å². The molecule has 0 bridgehead atoms. The van der Waals surface area contributed by atoms with Crippen LogP contribution in [0, 0.1) is 5.92 Å². The Balaban J connectivity index is 1.59. The molecule has 1 aliphatic carbocycles. The zero-order valence-corrected chi connectivity index (χ0v) is 14.3. The zero-order chi connectivity index (χ0) is 17.6. The second-order valence-electron chi connectivity index (χ2n) is 6.69. The Kier molecular flexibility index (Phi) is 5.48. The molecule has 0 spiro atoms. The van der Waals surface area contributed by atoms with Crippen molar-refractivity contribution in [3.63, 3.8) is 0 Å². The van der Waals surface area contributed by atoms with Gasteiger partial charge in [0.1, 0.15) is 0 Å². The Morgan fingerprint density at radius 2 is 2.04 bits per heavy atom. The van der Waals surface area contributed by atoms with E-state index < -0.39 is 0 Å². The number of carbonyl (C=O) groups is 1. The third kappa shape index (κ3) is 4.68. The monoisotopic (exact) mass is 339 g/mol. The minimum atomic E-state index is -0.0119. The van der Waals surface area contributed by atoms with Gasteiger partial charge in [-0.3, -0.25) is 14.8 Å². The largest absolute Gasteiger partial charge is 0.370 e. The highest BCUT2D eigenvalue weighted by Crippen LogP contribution is 2.31. The number of benzene rings is 1. The lowest BCUT2D eigenvalue weighted by Gasteiger charge is -2.19. The van der Waals surface area contributed by atoms with Gasteiger partial charge in [-0.15, -0.1) is 0 Å². The third-order valence-electron chi connectivity index (χ3n) is 4.85. The highest BCUT2D eigenvalue weighted by molar-refractivity contribution is 5.94. The maximum absolute atomic E-state index is 12.3. The Bertz CT molecular complexity index is 763. The lowest BCUT2D eigenvalue weighted by Crippen LogP contribution is -2.29. The van der Waals surface area contributed by atoms with Crippen LogP contribution in [0.1, 0.15) is 38.5 Å². The molecule has 0 saturated heterocycles. The number of fused-ring (bicyclic) bond motifs is 1. The number of carbonyl (C=O) groups excluding carboxylic acids is 1. The van der Waals surface area contributed by atoms with E-state index in [0.717, 1.165) is 29.3 Å². The standard InChI is InChI=1S/C19H25N5O/c20-19(21)24-17(13-3-1-2-4-13)7-8-18(25)23-16-6-5-15-12-22-10-9-14(15)11-16/h5-6,9-13,17H,1-4,7-8H2,(H,23,25)(H4,20,21,24). The van der Waals surface area contributed by atoms with E-state index in [4.69, 9.17) is 11.5 Å². The molecular weight excluding hydrogens is 314 g/mol. The average Bonchev–Trinajstić information content (AvgIpc) is 3.12. The van der Waals surface area contributed by atoms with Crippen LogP contribution in [0.4, 0.5) is 5.69 Å². The fraction of sp³-hybridized carbons (Fsp3) is 0.421. The lowest BCUT2D eigenvalue weighted by atomic mass is 9.94. The van der Waals surface area contributed by atoms with Gasteiger partial charge in [-0.05, 0) is 48.8 Å². The number of aliphatic imine (C=N–C) groups is 1. The fourth-order valence-electron chi connectivity index (χ4n) is 3.60. The van der Waals surface area contributed by atoms with Crippen LogP contribution in [-0.4, -0.2) is 22.9 Å². The molecule has 132 valence electrons. The van der Waals surface area contributed by atoms with Crippen molar-refractivity contribution >= 4 is 28.3 Å². The van der Waals surface area contributed by atoms with Gasteiger partial charge in [0, 0.05) is 29.9 Å². The number of rotatable bonds is 6. The van der Waals surface area contributed by atoms with Crippen LogP contribution in [0.3, 0.4) is 0 Å². The highest BCUT2D eigenvalue weighted by Gasteiger charge is 2.25. The molecule has 1 aromatic carbocycles. The van der Waals surface area contributed by atoms with E-state index in [0.29, 0.717) is 18.8 Å². The molecule has 6 nitrogen and oxygen atoms in total. The maximum Gasteiger partial charge on any atom is 0.224 e. The zero-order valence-electron chi connectivity index (χ0n) is 14.3. The van der Waals surface area contributed by atoms with Gasteiger partial charge in [0.25, 0.3) is 0 Å². The van der Waals surface area contributed by atoms with E-state index in [9.17, 15) is 4.79 Å². The first kappa shape index (κ1) is 17.2. The molecule has 5 N–H and O–H groups in total. The number of guanidine groups is 1. The number of nitrogens with zero attached hydrogens (tertiary/aromatic N) is 2. The Labute approximate surface area is 147 Å². The number of hydrogen-bond donors (Lipinski definition) is 3. The van der Waals surface area contributed by atoms with E-state index in [1.165, 1.54) is 12.8 Å². The summed E-state index contributed by atoms with van der Waals surface area (Å²) < 4.78 is 0. The molecule has 1 aromatic heterocycles. The number of aromatic nitrogens is 1. The van der Waals surface area contributed by atoms with E-state index in [1.807, 2.05) is 30.5 Å². The quantitative estimate of drug-likeness (QED) is 0.555. The van der Waals surface area contributed by atoms with Crippen molar-refractivity contribution in [2.24, 2.45) is 22.4 Å². The summed E-state index contributed by atoms with van der Waals surface area (Å²) in [7, 11) is 0. The van der Waals surface area contributed by atoms with Crippen LogP contribution >= 0.6 is 0 Å². The van der Waals surface area contributed by atoms with Gasteiger partial charge in [0.2, 0.25) is 5.91 Å².